The summed E-state index contributed by atoms with van der Waals surface area (Å²) in [6.07, 6.45) is 3.24. The molecule has 0 heterocycles. The van der Waals surface area contributed by atoms with E-state index in [2.05, 4.69) is 0 Å². The molecule has 2 amide bonds. The molecule has 4 heteroatoms. The van der Waals surface area contributed by atoms with E-state index in [9.17, 15) is 9.59 Å². The second-order valence-corrected chi connectivity index (χ2v) is 4.35. The highest BCUT2D eigenvalue weighted by Crippen LogP contribution is 2.22. The first-order valence-electron chi connectivity index (χ1n) is 6.27. The quantitative estimate of drug-likeness (QED) is 0.804. The summed E-state index contributed by atoms with van der Waals surface area (Å²) in [7, 11) is 0. The van der Waals surface area contributed by atoms with Gasteiger partial charge in [-0.2, -0.15) is 0 Å². The van der Waals surface area contributed by atoms with Gasteiger partial charge in [0.05, 0.1) is 0 Å². The lowest BCUT2D eigenvalue weighted by molar-refractivity contribution is 0.0986. The molecular weight excluding hydrogens is 228 g/mol. The van der Waals surface area contributed by atoms with Crippen molar-refractivity contribution >= 4 is 11.8 Å². The Morgan fingerprint density at radius 3 is 1.44 bits per heavy atom. The van der Waals surface area contributed by atoms with E-state index in [0.717, 1.165) is 36.8 Å². The molecule has 0 aliphatic carbocycles. The number of hydrogen-bond donors (Lipinski definition) is 2. The molecule has 0 bridgehead atoms. The van der Waals surface area contributed by atoms with E-state index >= 15 is 0 Å². The third kappa shape index (κ3) is 2.88. The standard InChI is InChI=1S/C14H20N2O2/c1-3-5-9-10(6-4-2)12(14(16)18)8-7-11(9)13(15)17/h7-8H,3-6H2,1-2H3,(H2,15,17)(H2,16,18). The SMILES string of the molecule is CCCc1c(C(N)=O)ccc(C(N)=O)c1CCC. The third-order valence-corrected chi connectivity index (χ3v) is 2.96. The van der Waals surface area contributed by atoms with Crippen molar-refractivity contribution in [2.24, 2.45) is 11.5 Å². The van der Waals surface area contributed by atoms with Crippen molar-refractivity contribution in [3.63, 3.8) is 0 Å². The van der Waals surface area contributed by atoms with Crippen LogP contribution in [0.1, 0.15) is 58.5 Å². The van der Waals surface area contributed by atoms with Crippen LogP contribution in [-0.2, 0) is 12.8 Å². The van der Waals surface area contributed by atoms with Crippen LogP contribution in [-0.4, -0.2) is 11.8 Å². The minimum absolute atomic E-state index is 0.452. The summed E-state index contributed by atoms with van der Waals surface area (Å²) in [6.45, 7) is 4.05. The van der Waals surface area contributed by atoms with Crippen LogP contribution in [0, 0.1) is 0 Å². The Kier molecular flexibility index (Phi) is 4.89. The van der Waals surface area contributed by atoms with E-state index in [4.69, 9.17) is 11.5 Å². The lowest BCUT2D eigenvalue weighted by Gasteiger charge is -2.15. The van der Waals surface area contributed by atoms with Gasteiger partial charge in [0.15, 0.2) is 0 Å². The van der Waals surface area contributed by atoms with Gasteiger partial charge in [-0.25, -0.2) is 0 Å². The van der Waals surface area contributed by atoms with Gasteiger partial charge in [-0.15, -0.1) is 0 Å². The fourth-order valence-electron chi connectivity index (χ4n) is 2.23. The van der Waals surface area contributed by atoms with Gasteiger partial charge in [0.1, 0.15) is 0 Å². The maximum Gasteiger partial charge on any atom is 0.248 e. The summed E-state index contributed by atoms with van der Waals surface area (Å²) >= 11 is 0. The molecule has 1 aromatic rings. The molecule has 4 nitrogen and oxygen atoms in total. The molecule has 0 aliphatic heterocycles. The molecule has 0 spiro atoms. The second kappa shape index (κ2) is 6.19. The molecule has 0 radical (unpaired) electrons. The van der Waals surface area contributed by atoms with Crippen molar-refractivity contribution in [2.45, 2.75) is 39.5 Å². The van der Waals surface area contributed by atoms with Crippen LogP contribution < -0.4 is 11.5 Å². The van der Waals surface area contributed by atoms with Crippen LogP contribution in [0.25, 0.3) is 0 Å². The smallest absolute Gasteiger partial charge is 0.248 e. The summed E-state index contributed by atoms with van der Waals surface area (Å²) in [6, 6.07) is 3.21. The molecule has 0 fully saturated rings. The lowest BCUT2D eigenvalue weighted by Crippen LogP contribution is -2.20. The van der Waals surface area contributed by atoms with Crippen LogP contribution in [0.15, 0.2) is 12.1 Å². The maximum atomic E-state index is 11.4. The Morgan fingerprint density at radius 1 is 0.889 bits per heavy atom. The van der Waals surface area contributed by atoms with Crippen LogP contribution >= 0.6 is 0 Å². The molecule has 4 N–H and O–H groups in total. The molecule has 18 heavy (non-hydrogen) atoms. The maximum absolute atomic E-state index is 11.4. The highest BCUT2D eigenvalue weighted by atomic mass is 16.1. The number of carbonyl (C=O) groups is 2. The topological polar surface area (TPSA) is 86.2 Å². The number of hydrogen-bond acceptors (Lipinski definition) is 2. The van der Waals surface area contributed by atoms with Gasteiger partial charge in [-0.1, -0.05) is 26.7 Å². The number of amides is 2. The zero-order valence-corrected chi connectivity index (χ0v) is 11.0. The van der Waals surface area contributed by atoms with Crippen molar-refractivity contribution < 1.29 is 9.59 Å². The Balaban J connectivity index is 3.48. The van der Waals surface area contributed by atoms with Crippen molar-refractivity contribution in [3.05, 3.63) is 34.4 Å². The first-order valence-corrected chi connectivity index (χ1v) is 6.27. The van der Waals surface area contributed by atoms with Crippen LogP contribution in [0.5, 0.6) is 0 Å². The van der Waals surface area contributed by atoms with Crippen LogP contribution in [0.3, 0.4) is 0 Å². The van der Waals surface area contributed by atoms with Gasteiger partial charge in [-0.05, 0) is 36.1 Å². The Hall–Kier alpha value is -1.84. The van der Waals surface area contributed by atoms with Crippen molar-refractivity contribution in [3.8, 4) is 0 Å². The molecule has 0 unspecified atom stereocenters. The largest absolute Gasteiger partial charge is 0.366 e. The molecule has 1 aromatic carbocycles. The second-order valence-electron chi connectivity index (χ2n) is 4.35. The molecule has 0 saturated heterocycles. The molecular formula is C14H20N2O2. The van der Waals surface area contributed by atoms with Gasteiger partial charge in [0.2, 0.25) is 11.8 Å². The molecule has 0 saturated carbocycles. The van der Waals surface area contributed by atoms with E-state index < -0.39 is 11.8 Å². The molecule has 1 rings (SSSR count). The molecule has 0 aliphatic rings. The van der Waals surface area contributed by atoms with Crippen LogP contribution in [0.2, 0.25) is 0 Å². The highest BCUT2D eigenvalue weighted by molar-refractivity contribution is 5.99. The first kappa shape index (κ1) is 14.2. The van der Waals surface area contributed by atoms with Gasteiger partial charge in [0, 0.05) is 11.1 Å². The van der Waals surface area contributed by atoms with E-state index in [1.807, 2.05) is 13.8 Å². The van der Waals surface area contributed by atoms with Crippen LogP contribution in [0.4, 0.5) is 0 Å². The van der Waals surface area contributed by atoms with E-state index in [1.165, 1.54) is 0 Å². The Bertz CT molecular complexity index is 424. The molecule has 0 aromatic heterocycles. The number of benzene rings is 1. The monoisotopic (exact) mass is 248 g/mol. The Morgan fingerprint density at radius 2 is 1.22 bits per heavy atom. The summed E-state index contributed by atoms with van der Waals surface area (Å²) in [5, 5.41) is 0. The summed E-state index contributed by atoms with van der Waals surface area (Å²) in [4.78, 5) is 22.9. The zero-order chi connectivity index (χ0) is 13.7. The van der Waals surface area contributed by atoms with Gasteiger partial charge in [-0.3, -0.25) is 9.59 Å². The van der Waals surface area contributed by atoms with Crippen molar-refractivity contribution in [1.82, 2.24) is 0 Å². The number of nitrogens with two attached hydrogens (primary N) is 2. The Labute approximate surface area is 107 Å². The third-order valence-electron chi connectivity index (χ3n) is 2.96. The summed E-state index contributed by atoms with van der Waals surface area (Å²) in [5.74, 6) is -0.904. The van der Waals surface area contributed by atoms with Gasteiger partial charge in [0.25, 0.3) is 0 Å². The van der Waals surface area contributed by atoms with Crippen molar-refractivity contribution in [1.29, 1.82) is 0 Å². The minimum atomic E-state index is -0.452. The average Bonchev–Trinajstić information content (AvgIpc) is 2.30. The summed E-state index contributed by atoms with van der Waals surface area (Å²) in [5.41, 5.74) is 13.5. The fraction of sp³-hybridized carbons (Fsp3) is 0.429. The summed E-state index contributed by atoms with van der Waals surface area (Å²) < 4.78 is 0. The first-order chi connectivity index (χ1) is 8.52. The van der Waals surface area contributed by atoms with E-state index in [-0.39, 0.29) is 0 Å². The predicted molar refractivity (Wildman–Crippen MR) is 71.5 cm³/mol. The molecule has 98 valence electrons. The zero-order valence-electron chi connectivity index (χ0n) is 11.0. The fourth-order valence-corrected chi connectivity index (χ4v) is 2.23. The van der Waals surface area contributed by atoms with E-state index in [0.29, 0.717) is 11.1 Å². The van der Waals surface area contributed by atoms with Gasteiger partial charge >= 0.3 is 0 Å². The minimum Gasteiger partial charge on any atom is -0.366 e. The average molecular weight is 248 g/mol. The molecule has 0 atom stereocenters. The number of carbonyl (C=O) groups excluding carboxylic acids is 2. The van der Waals surface area contributed by atoms with E-state index in [1.54, 1.807) is 12.1 Å². The number of rotatable bonds is 6. The van der Waals surface area contributed by atoms with Gasteiger partial charge < -0.3 is 11.5 Å². The lowest BCUT2D eigenvalue weighted by atomic mass is 9.90. The normalized spacial score (nSPS) is 10.3. The number of primary amides is 2. The van der Waals surface area contributed by atoms with Crippen molar-refractivity contribution in [2.75, 3.05) is 0 Å². The highest BCUT2D eigenvalue weighted by Gasteiger charge is 2.17. The predicted octanol–water partition coefficient (Wildman–Crippen LogP) is 1.79.